The van der Waals surface area contributed by atoms with Crippen LogP contribution in [0.2, 0.25) is 0 Å². The first-order chi connectivity index (χ1) is 9.45. The summed E-state index contributed by atoms with van der Waals surface area (Å²) in [5.74, 6) is 0. The second kappa shape index (κ2) is 8.61. The van der Waals surface area contributed by atoms with Gasteiger partial charge in [0.2, 0.25) is 0 Å². The standard InChI is InChI=1S/C18H15N.ClH.Zn/c1-4-10-16(11-5-1)19(17-12-6-2-7-13-17)18-14-8-3-9-15-18;;/h1-15H;1H;. The van der Waals surface area contributed by atoms with Gasteiger partial charge in [-0.3, -0.25) is 0 Å². The van der Waals surface area contributed by atoms with E-state index >= 15 is 0 Å². The van der Waals surface area contributed by atoms with Crippen LogP contribution in [0.1, 0.15) is 0 Å². The summed E-state index contributed by atoms with van der Waals surface area (Å²) in [5, 5.41) is 0. The van der Waals surface area contributed by atoms with Crippen LogP contribution in [0.25, 0.3) is 0 Å². The zero-order chi connectivity index (χ0) is 12.9. The van der Waals surface area contributed by atoms with Crippen molar-refractivity contribution in [1.29, 1.82) is 0 Å². The Hall–Kier alpha value is -1.63. The molecule has 0 saturated carbocycles. The van der Waals surface area contributed by atoms with E-state index in [9.17, 15) is 0 Å². The monoisotopic (exact) mass is 345 g/mol. The molecule has 21 heavy (non-hydrogen) atoms. The molecule has 0 aromatic heterocycles. The number of benzene rings is 3. The summed E-state index contributed by atoms with van der Waals surface area (Å²) in [6.45, 7) is 0. The largest absolute Gasteiger partial charge is 0.311 e. The Kier molecular flexibility index (Phi) is 7.15. The Morgan fingerprint density at radius 1 is 0.429 bits per heavy atom. The molecule has 0 fully saturated rings. The predicted molar refractivity (Wildman–Crippen MR) is 88.4 cm³/mol. The van der Waals surface area contributed by atoms with E-state index in [0.717, 1.165) is 0 Å². The Labute approximate surface area is 144 Å². The minimum Gasteiger partial charge on any atom is -0.311 e. The van der Waals surface area contributed by atoms with Crippen molar-refractivity contribution in [2.75, 3.05) is 4.90 Å². The molecule has 1 nitrogen and oxygen atoms in total. The summed E-state index contributed by atoms with van der Waals surface area (Å²) < 4.78 is 0. The molecule has 0 N–H and O–H groups in total. The predicted octanol–water partition coefficient (Wildman–Crippen LogP) is 5.58. The van der Waals surface area contributed by atoms with E-state index in [1.807, 2.05) is 18.2 Å². The molecule has 0 aliphatic rings. The zero-order valence-electron chi connectivity index (χ0n) is 11.7. The zero-order valence-corrected chi connectivity index (χ0v) is 15.5. The van der Waals surface area contributed by atoms with Gasteiger partial charge in [-0.15, -0.1) is 12.4 Å². The van der Waals surface area contributed by atoms with Crippen LogP contribution in [0.4, 0.5) is 17.1 Å². The summed E-state index contributed by atoms with van der Waals surface area (Å²) in [6, 6.07) is 31.3. The van der Waals surface area contributed by atoms with Crippen LogP contribution in [0.3, 0.4) is 0 Å². The van der Waals surface area contributed by atoms with Gasteiger partial charge in [-0.05, 0) is 36.4 Å². The van der Waals surface area contributed by atoms with E-state index in [0.29, 0.717) is 0 Å². The van der Waals surface area contributed by atoms with Crippen LogP contribution in [0.15, 0.2) is 91.0 Å². The van der Waals surface area contributed by atoms with E-state index in [2.05, 4.69) is 77.7 Å². The van der Waals surface area contributed by atoms with Gasteiger partial charge in [-0.2, -0.15) is 0 Å². The molecule has 0 saturated heterocycles. The number of nitrogens with zero attached hydrogens (tertiary/aromatic N) is 1. The van der Waals surface area contributed by atoms with Crippen molar-refractivity contribution in [2.24, 2.45) is 0 Å². The number of anilines is 3. The minimum absolute atomic E-state index is 0. The van der Waals surface area contributed by atoms with Gasteiger partial charge < -0.3 is 4.90 Å². The third-order valence-corrected chi connectivity index (χ3v) is 3.04. The quantitative estimate of drug-likeness (QED) is 0.560. The minimum atomic E-state index is 0. The Balaban J connectivity index is 0.00000110. The van der Waals surface area contributed by atoms with E-state index in [1.165, 1.54) is 17.1 Å². The average Bonchev–Trinajstić information content (AvgIpc) is 2.51. The SMILES string of the molecule is Cl.[Zn].c1ccc(N(c2ccccc2)c2ccccc2)cc1. The molecular formula is C18H16ClNZn. The van der Waals surface area contributed by atoms with Crippen molar-refractivity contribution >= 4 is 29.5 Å². The maximum absolute atomic E-state index is 2.25. The van der Waals surface area contributed by atoms with Crippen LogP contribution in [0, 0.1) is 0 Å². The van der Waals surface area contributed by atoms with Crippen molar-refractivity contribution in [1.82, 2.24) is 0 Å². The van der Waals surface area contributed by atoms with E-state index in [4.69, 9.17) is 0 Å². The number of para-hydroxylation sites is 3. The molecule has 3 rings (SSSR count). The fourth-order valence-electron chi connectivity index (χ4n) is 2.18. The number of hydrogen-bond donors (Lipinski definition) is 0. The molecule has 102 valence electrons. The molecule has 3 aromatic rings. The third-order valence-electron chi connectivity index (χ3n) is 3.04. The summed E-state index contributed by atoms with van der Waals surface area (Å²) in [7, 11) is 0. The van der Waals surface area contributed by atoms with E-state index < -0.39 is 0 Å². The molecular weight excluding hydrogens is 331 g/mol. The Bertz CT molecular complexity index is 535. The average molecular weight is 347 g/mol. The van der Waals surface area contributed by atoms with Gasteiger partial charge in [0.15, 0.2) is 0 Å². The first-order valence-corrected chi connectivity index (χ1v) is 6.40. The van der Waals surface area contributed by atoms with E-state index in [1.54, 1.807) is 0 Å². The van der Waals surface area contributed by atoms with Gasteiger partial charge in [-0.25, -0.2) is 0 Å². The van der Waals surface area contributed by atoms with Gasteiger partial charge in [0, 0.05) is 36.5 Å². The van der Waals surface area contributed by atoms with Gasteiger partial charge in [-0.1, -0.05) is 54.6 Å². The Morgan fingerprint density at radius 2 is 0.667 bits per heavy atom. The molecule has 0 bridgehead atoms. The van der Waals surface area contributed by atoms with Gasteiger partial charge in [0.25, 0.3) is 0 Å². The summed E-state index contributed by atoms with van der Waals surface area (Å²) in [5.41, 5.74) is 3.50. The van der Waals surface area contributed by atoms with Crippen LogP contribution >= 0.6 is 12.4 Å². The summed E-state index contributed by atoms with van der Waals surface area (Å²) in [4.78, 5) is 2.25. The maximum Gasteiger partial charge on any atom is 0.0461 e. The molecule has 0 heterocycles. The molecule has 0 spiro atoms. The van der Waals surface area contributed by atoms with Crippen LogP contribution in [0.5, 0.6) is 0 Å². The maximum atomic E-state index is 2.25. The number of halogens is 1. The molecule has 3 heteroatoms. The van der Waals surface area contributed by atoms with Crippen molar-refractivity contribution in [3.05, 3.63) is 91.0 Å². The first kappa shape index (κ1) is 17.4. The molecule has 0 amide bonds. The second-order valence-corrected chi connectivity index (χ2v) is 4.34. The second-order valence-electron chi connectivity index (χ2n) is 4.34. The van der Waals surface area contributed by atoms with E-state index in [-0.39, 0.29) is 31.9 Å². The smallest absolute Gasteiger partial charge is 0.0461 e. The normalized spacial score (nSPS) is 9.14. The third kappa shape index (κ3) is 4.17. The van der Waals surface area contributed by atoms with Gasteiger partial charge >= 0.3 is 0 Å². The summed E-state index contributed by atoms with van der Waals surface area (Å²) in [6.07, 6.45) is 0. The van der Waals surface area contributed by atoms with Crippen molar-refractivity contribution in [3.8, 4) is 0 Å². The van der Waals surface area contributed by atoms with Crippen LogP contribution < -0.4 is 4.90 Å². The fourth-order valence-corrected chi connectivity index (χ4v) is 2.18. The number of hydrogen-bond acceptors (Lipinski definition) is 1. The molecule has 3 aromatic carbocycles. The molecule has 0 radical (unpaired) electrons. The van der Waals surface area contributed by atoms with Gasteiger partial charge in [0.1, 0.15) is 0 Å². The van der Waals surface area contributed by atoms with Crippen LogP contribution in [-0.4, -0.2) is 0 Å². The van der Waals surface area contributed by atoms with Crippen molar-refractivity contribution in [2.45, 2.75) is 0 Å². The molecule has 0 unspecified atom stereocenters. The van der Waals surface area contributed by atoms with Gasteiger partial charge in [0.05, 0.1) is 0 Å². The fraction of sp³-hybridized carbons (Fsp3) is 0. The summed E-state index contributed by atoms with van der Waals surface area (Å²) >= 11 is 0. The van der Waals surface area contributed by atoms with Crippen LogP contribution in [-0.2, 0) is 19.5 Å². The first-order valence-electron chi connectivity index (χ1n) is 6.40. The Morgan fingerprint density at radius 3 is 0.905 bits per heavy atom. The molecule has 0 aliphatic carbocycles. The topological polar surface area (TPSA) is 3.24 Å². The van der Waals surface area contributed by atoms with Crippen molar-refractivity contribution < 1.29 is 19.5 Å². The molecule has 0 atom stereocenters. The number of rotatable bonds is 3. The van der Waals surface area contributed by atoms with Crippen molar-refractivity contribution in [3.63, 3.8) is 0 Å². The molecule has 0 aliphatic heterocycles.